The smallest absolute Gasteiger partial charge is 0.410 e. The number of rotatable bonds is 2. The Morgan fingerprint density at radius 1 is 1.53 bits per heavy atom. The molecule has 2 N–H and O–H groups in total. The Labute approximate surface area is 102 Å². The van der Waals surface area contributed by atoms with Gasteiger partial charge in [0, 0.05) is 6.54 Å². The Bertz CT molecular complexity index is 274. The quantitative estimate of drug-likeness (QED) is 0.811. The summed E-state index contributed by atoms with van der Waals surface area (Å²) in [4.78, 5) is 13.3. The normalized spacial score (nSPS) is 25.8. The molecule has 0 aromatic rings. The second kappa shape index (κ2) is 5.21. The number of carbonyl (C=O) groups is 1. The summed E-state index contributed by atoms with van der Waals surface area (Å²) in [5.41, 5.74) is 3.51. The first-order valence-corrected chi connectivity index (χ1v) is 6.13. The van der Waals surface area contributed by atoms with Gasteiger partial charge in [-0.1, -0.05) is 0 Å². The van der Waals surface area contributed by atoms with Crippen LogP contribution in [0.4, 0.5) is 9.18 Å². The first kappa shape index (κ1) is 14.2. The second-order valence-corrected chi connectivity index (χ2v) is 5.70. The fraction of sp³-hybridized carbons (Fsp3) is 0.917. The Hall–Kier alpha value is -0.840. The van der Waals surface area contributed by atoms with Gasteiger partial charge >= 0.3 is 6.09 Å². The minimum atomic E-state index is -1.34. The predicted octanol–water partition coefficient (Wildman–Crippen LogP) is 2.07. The number of alkyl halides is 1. The van der Waals surface area contributed by atoms with Crippen LogP contribution in [0.1, 0.15) is 40.0 Å². The maximum Gasteiger partial charge on any atom is 0.410 e. The highest BCUT2D eigenvalue weighted by atomic mass is 19.1. The zero-order valence-electron chi connectivity index (χ0n) is 11.0. The lowest BCUT2D eigenvalue weighted by molar-refractivity contribution is -0.00689. The van der Waals surface area contributed by atoms with Gasteiger partial charge in [0.2, 0.25) is 0 Å². The van der Waals surface area contributed by atoms with Crippen LogP contribution in [0.3, 0.4) is 0 Å². The van der Waals surface area contributed by atoms with Crippen molar-refractivity contribution in [1.29, 1.82) is 0 Å². The number of hydrogen-bond acceptors (Lipinski definition) is 3. The van der Waals surface area contributed by atoms with Crippen molar-refractivity contribution >= 4 is 6.09 Å². The third-order valence-electron chi connectivity index (χ3n) is 2.77. The van der Waals surface area contributed by atoms with Crippen LogP contribution in [0.5, 0.6) is 0 Å². The maximum atomic E-state index is 14.3. The van der Waals surface area contributed by atoms with E-state index < -0.39 is 17.4 Å². The highest BCUT2D eigenvalue weighted by Gasteiger charge is 2.37. The van der Waals surface area contributed by atoms with Crippen LogP contribution in [0.25, 0.3) is 0 Å². The summed E-state index contributed by atoms with van der Waals surface area (Å²) in [6.45, 7) is 6.37. The average molecular weight is 246 g/mol. The fourth-order valence-electron chi connectivity index (χ4n) is 2.03. The zero-order chi connectivity index (χ0) is 13.1. The molecule has 0 aromatic carbocycles. The van der Waals surface area contributed by atoms with E-state index in [-0.39, 0.29) is 6.54 Å². The molecular formula is C12H23FN2O2. The number of nitrogens with two attached hydrogens (primary N) is 1. The van der Waals surface area contributed by atoms with E-state index in [0.29, 0.717) is 32.4 Å². The van der Waals surface area contributed by atoms with Gasteiger partial charge in [-0.2, -0.15) is 0 Å². The van der Waals surface area contributed by atoms with Crippen LogP contribution in [0.2, 0.25) is 0 Å². The van der Waals surface area contributed by atoms with Crippen molar-refractivity contribution in [2.24, 2.45) is 5.73 Å². The minimum absolute atomic E-state index is 0.0963. The summed E-state index contributed by atoms with van der Waals surface area (Å²) in [6.07, 6.45) is 1.00. The summed E-state index contributed by atoms with van der Waals surface area (Å²) < 4.78 is 19.5. The van der Waals surface area contributed by atoms with Crippen molar-refractivity contribution in [2.45, 2.75) is 51.3 Å². The lowest BCUT2D eigenvalue weighted by Gasteiger charge is -2.37. The molecule has 0 bridgehead atoms. The first-order chi connectivity index (χ1) is 7.76. The molecular weight excluding hydrogens is 223 g/mol. The molecule has 100 valence electrons. The van der Waals surface area contributed by atoms with E-state index in [1.807, 2.05) is 0 Å². The Morgan fingerprint density at radius 3 is 2.71 bits per heavy atom. The molecule has 1 heterocycles. The van der Waals surface area contributed by atoms with Crippen LogP contribution in [0, 0.1) is 0 Å². The number of likely N-dealkylation sites (tertiary alicyclic amines) is 1. The van der Waals surface area contributed by atoms with Crippen LogP contribution in [-0.4, -0.2) is 41.9 Å². The number of halogens is 1. The maximum absolute atomic E-state index is 14.3. The van der Waals surface area contributed by atoms with Gasteiger partial charge in [0.05, 0.1) is 6.54 Å². The summed E-state index contributed by atoms with van der Waals surface area (Å²) in [7, 11) is 0. The third kappa shape index (κ3) is 4.50. The van der Waals surface area contributed by atoms with E-state index in [4.69, 9.17) is 10.5 Å². The average Bonchev–Trinajstić information content (AvgIpc) is 2.14. The molecule has 0 aromatic heterocycles. The van der Waals surface area contributed by atoms with E-state index in [2.05, 4.69) is 0 Å². The molecule has 1 unspecified atom stereocenters. The van der Waals surface area contributed by atoms with Gasteiger partial charge < -0.3 is 15.4 Å². The monoisotopic (exact) mass is 246 g/mol. The van der Waals surface area contributed by atoms with Crippen molar-refractivity contribution in [3.8, 4) is 0 Å². The van der Waals surface area contributed by atoms with E-state index in [9.17, 15) is 9.18 Å². The molecule has 1 aliphatic rings. The molecule has 0 spiro atoms. The molecule has 4 nitrogen and oxygen atoms in total. The number of ether oxygens (including phenoxy) is 1. The van der Waals surface area contributed by atoms with Crippen molar-refractivity contribution in [2.75, 3.05) is 19.6 Å². The first-order valence-electron chi connectivity index (χ1n) is 6.13. The number of amides is 1. The van der Waals surface area contributed by atoms with Gasteiger partial charge in [0.1, 0.15) is 11.3 Å². The van der Waals surface area contributed by atoms with Gasteiger partial charge in [-0.3, -0.25) is 0 Å². The van der Waals surface area contributed by atoms with Crippen molar-refractivity contribution in [3.05, 3.63) is 0 Å². The molecule has 0 radical (unpaired) electrons. The van der Waals surface area contributed by atoms with E-state index >= 15 is 0 Å². The van der Waals surface area contributed by atoms with Gasteiger partial charge in [0.25, 0.3) is 0 Å². The van der Waals surface area contributed by atoms with Crippen molar-refractivity contribution < 1.29 is 13.9 Å². The summed E-state index contributed by atoms with van der Waals surface area (Å²) in [6, 6.07) is 0. The van der Waals surface area contributed by atoms with Gasteiger partial charge in [-0.25, -0.2) is 9.18 Å². The van der Waals surface area contributed by atoms with Gasteiger partial charge in [-0.15, -0.1) is 0 Å². The lowest BCUT2D eigenvalue weighted by atomic mass is 9.92. The molecule has 5 heteroatoms. The van der Waals surface area contributed by atoms with Crippen LogP contribution in [-0.2, 0) is 4.74 Å². The Balaban J connectivity index is 2.57. The van der Waals surface area contributed by atoms with Gasteiger partial charge in [0.15, 0.2) is 0 Å². The SMILES string of the molecule is CC(C)(C)OC(=O)N1CCCC(F)(CCN)C1. The molecule has 0 saturated carbocycles. The molecule has 17 heavy (non-hydrogen) atoms. The largest absolute Gasteiger partial charge is 0.444 e. The highest BCUT2D eigenvalue weighted by molar-refractivity contribution is 5.68. The highest BCUT2D eigenvalue weighted by Crippen LogP contribution is 2.29. The molecule has 1 saturated heterocycles. The fourth-order valence-corrected chi connectivity index (χ4v) is 2.03. The lowest BCUT2D eigenvalue weighted by Crippen LogP contribution is -2.50. The molecule has 1 amide bonds. The number of nitrogens with zero attached hydrogens (tertiary/aromatic N) is 1. The van der Waals surface area contributed by atoms with Crippen molar-refractivity contribution in [1.82, 2.24) is 4.90 Å². The number of hydrogen-bond donors (Lipinski definition) is 1. The minimum Gasteiger partial charge on any atom is -0.444 e. The van der Waals surface area contributed by atoms with E-state index in [1.54, 1.807) is 20.8 Å². The van der Waals surface area contributed by atoms with Crippen LogP contribution >= 0.6 is 0 Å². The predicted molar refractivity (Wildman–Crippen MR) is 64.6 cm³/mol. The molecule has 0 aliphatic carbocycles. The Morgan fingerprint density at radius 2 is 2.18 bits per heavy atom. The van der Waals surface area contributed by atoms with Crippen molar-refractivity contribution in [3.63, 3.8) is 0 Å². The molecule has 1 aliphatic heterocycles. The third-order valence-corrected chi connectivity index (χ3v) is 2.77. The van der Waals surface area contributed by atoms with E-state index in [0.717, 1.165) is 0 Å². The zero-order valence-corrected chi connectivity index (χ0v) is 11.0. The summed E-state index contributed by atoms with van der Waals surface area (Å²) in [5, 5.41) is 0. The number of carbonyl (C=O) groups excluding carboxylic acids is 1. The molecule has 1 rings (SSSR count). The summed E-state index contributed by atoms with van der Waals surface area (Å²) >= 11 is 0. The number of piperidine rings is 1. The van der Waals surface area contributed by atoms with E-state index in [1.165, 1.54) is 4.90 Å². The van der Waals surface area contributed by atoms with Crippen LogP contribution < -0.4 is 5.73 Å². The topological polar surface area (TPSA) is 55.6 Å². The summed E-state index contributed by atoms with van der Waals surface area (Å²) in [5.74, 6) is 0. The Kier molecular flexibility index (Phi) is 4.36. The molecule has 1 fully saturated rings. The second-order valence-electron chi connectivity index (χ2n) is 5.70. The van der Waals surface area contributed by atoms with Gasteiger partial charge in [-0.05, 0) is 46.6 Å². The standard InChI is InChI=1S/C12H23FN2O2/c1-11(2,3)17-10(16)15-8-4-5-12(13,9-15)6-7-14/h4-9,14H2,1-3H3. The van der Waals surface area contributed by atoms with Crippen LogP contribution in [0.15, 0.2) is 0 Å². The molecule has 1 atom stereocenters.